The number of ether oxygens (including phenoxy) is 2. The molecule has 3 N–H and O–H groups in total. The monoisotopic (exact) mass is 497 g/mol. The summed E-state index contributed by atoms with van der Waals surface area (Å²) in [5.41, 5.74) is 3.46. The fourth-order valence-corrected chi connectivity index (χ4v) is 4.64. The molecule has 0 unspecified atom stereocenters. The Morgan fingerprint density at radius 1 is 1.00 bits per heavy atom. The van der Waals surface area contributed by atoms with Crippen LogP contribution in [-0.2, 0) is 0 Å². The van der Waals surface area contributed by atoms with Crippen LogP contribution < -0.4 is 24.5 Å². The molecule has 0 amide bonds. The minimum atomic E-state index is 0.666. The van der Waals surface area contributed by atoms with Crippen molar-refractivity contribution in [2.75, 3.05) is 55.5 Å². The van der Waals surface area contributed by atoms with Crippen molar-refractivity contribution in [3.8, 4) is 11.5 Å². The summed E-state index contributed by atoms with van der Waals surface area (Å²) < 4.78 is 11.0. The third-order valence-electron chi connectivity index (χ3n) is 5.99. The number of aromatic amines is 1. The SMILES string of the molecule is COc1cc2[nH]c3ncnc(N4CCN(C(=S)Nc5ccc(NCl)cc5)CC4)c3c2cc1OC. The highest BCUT2D eigenvalue weighted by Crippen LogP contribution is 2.38. The molecule has 0 spiro atoms. The van der Waals surface area contributed by atoms with Crippen LogP contribution in [0.2, 0.25) is 0 Å². The number of hydrogen-bond donors (Lipinski definition) is 3. The number of fused-ring (bicyclic) bond motifs is 3. The summed E-state index contributed by atoms with van der Waals surface area (Å²) in [5, 5.41) is 5.97. The first kappa shape index (κ1) is 22.3. The van der Waals surface area contributed by atoms with Crippen LogP contribution in [0.5, 0.6) is 11.5 Å². The normalized spacial score (nSPS) is 13.9. The molecule has 9 nitrogen and oxygen atoms in total. The molecule has 0 saturated carbocycles. The van der Waals surface area contributed by atoms with E-state index in [1.54, 1.807) is 20.5 Å². The van der Waals surface area contributed by atoms with E-state index in [0.29, 0.717) is 16.6 Å². The number of thiocarbonyl (C=S) groups is 1. The van der Waals surface area contributed by atoms with Crippen LogP contribution in [0.1, 0.15) is 0 Å². The maximum absolute atomic E-state index is 5.65. The van der Waals surface area contributed by atoms with E-state index in [2.05, 4.69) is 34.9 Å². The fourth-order valence-electron chi connectivity index (χ4n) is 4.22. The van der Waals surface area contributed by atoms with Crippen molar-refractivity contribution in [1.82, 2.24) is 19.9 Å². The smallest absolute Gasteiger partial charge is 0.173 e. The number of H-pyrrole nitrogens is 1. The maximum atomic E-state index is 5.65. The van der Waals surface area contributed by atoms with E-state index in [9.17, 15) is 0 Å². The molecule has 1 saturated heterocycles. The van der Waals surface area contributed by atoms with Crippen molar-refractivity contribution < 1.29 is 9.47 Å². The average molecular weight is 498 g/mol. The fraction of sp³-hybridized carbons (Fsp3) is 0.261. The van der Waals surface area contributed by atoms with Gasteiger partial charge < -0.3 is 29.6 Å². The first-order chi connectivity index (χ1) is 16.6. The molecule has 11 heteroatoms. The molecule has 2 aromatic carbocycles. The van der Waals surface area contributed by atoms with E-state index in [-0.39, 0.29) is 0 Å². The zero-order valence-corrected chi connectivity index (χ0v) is 20.3. The molecule has 3 heterocycles. The highest BCUT2D eigenvalue weighted by atomic mass is 35.5. The number of methoxy groups -OCH3 is 2. The average Bonchev–Trinajstić information content (AvgIpc) is 3.26. The van der Waals surface area contributed by atoms with Crippen molar-refractivity contribution in [3.05, 3.63) is 42.7 Å². The molecule has 176 valence electrons. The highest BCUT2D eigenvalue weighted by molar-refractivity contribution is 7.80. The zero-order chi connectivity index (χ0) is 23.7. The second-order valence-electron chi connectivity index (χ2n) is 7.87. The Balaban J connectivity index is 1.35. The van der Waals surface area contributed by atoms with Gasteiger partial charge in [-0.3, -0.25) is 4.84 Å². The molecule has 1 aliphatic rings. The van der Waals surface area contributed by atoms with E-state index < -0.39 is 0 Å². The number of benzene rings is 2. The zero-order valence-electron chi connectivity index (χ0n) is 18.8. The van der Waals surface area contributed by atoms with Crippen LogP contribution in [0.4, 0.5) is 17.2 Å². The van der Waals surface area contributed by atoms with Crippen LogP contribution in [0.15, 0.2) is 42.7 Å². The molecule has 0 aliphatic carbocycles. The predicted molar refractivity (Wildman–Crippen MR) is 140 cm³/mol. The minimum Gasteiger partial charge on any atom is -0.493 e. The number of halogens is 1. The first-order valence-electron chi connectivity index (χ1n) is 10.8. The lowest BCUT2D eigenvalue weighted by molar-refractivity contribution is 0.356. The van der Waals surface area contributed by atoms with Gasteiger partial charge in [-0.05, 0) is 42.5 Å². The molecule has 34 heavy (non-hydrogen) atoms. The molecule has 1 aliphatic heterocycles. The number of rotatable bonds is 5. The molecule has 2 aromatic heterocycles. The quantitative estimate of drug-likeness (QED) is 0.277. The van der Waals surface area contributed by atoms with E-state index >= 15 is 0 Å². The number of hydrogen-bond acceptors (Lipinski definition) is 7. The Bertz CT molecular complexity index is 1340. The van der Waals surface area contributed by atoms with Crippen LogP contribution in [0.25, 0.3) is 21.9 Å². The summed E-state index contributed by atoms with van der Waals surface area (Å²) in [7, 11) is 3.26. The first-order valence-corrected chi connectivity index (χ1v) is 11.6. The second kappa shape index (κ2) is 9.40. The molecular formula is C23H24ClN7O2S. The van der Waals surface area contributed by atoms with Crippen LogP contribution >= 0.6 is 24.0 Å². The summed E-state index contributed by atoms with van der Waals surface area (Å²) in [4.78, 5) is 19.5. The maximum Gasteiger partial charge on any atom is 0.173 e. The lowest BCUT2D eigenvalue weighted by atomic mass is 10.1. The van der Waals surface area contributed by atoms with E-state index in [0.717, 1.165) is 65.3 Å². The Morgan fingerprint density at radius 2 is 1.68 bits per heavy atom. The molecule has 0 radical (unpaired) electrons. The number of piperazine rings is 1. The Hall–Kier alpha value is -3.50. The molecule has 1 fully saturated rings. The lowest BCUT2D eigenvalue weighted by Crippen LogP contribution is -2.50. The molecule has 5 rings (SSSR count). The third kappa shape index (κ3) is 4.10. The van der Waals surface area contributed by atoms with Gasteiger partial charge in [-0.2, -0.15) is 0 Å². The van der Waals surface area contributed by atoms with Gasteiger partial charge in [0.15, 0.2) is 16.6 Å². The van der Waals surface area contributed by atoms with Crippen LogP contribution in [0.3, 0.4) is 0 Å². The summed E-state index contributed by atoms with van der Waals surface area (Å²) >= 11 is 11.3. The predicted octanol–water partition coefficient (Wildman–Crippen LogP) is 4.21. The van der Waals surface area contributed by atoms with Crippen molar-refractivity contribution in [1.29, 1.82) is 0 Å². The van der Waals surface area contributed by atoms with Crippen LogP contribution in [-0.4, -0.2) is 65.4 Å². The van der Waals surface area contributed by atoms with Gasteiger partial charge in [0.25, 0.3) is 0 Å². The standard InChI is InChI=1S/C23H24ClN7O2S/c1-32-18-11-16-17(12-19(18)33-2)28-21-20(16)22(26-13-25-21)30-7-9-31(10-8-30)23(34)27-14-3-5-15(29-24)6-4-14/h3-6,11-13,29H,7-10H2,1-2H3,(H,27,34)(H,25,26,28). The van der Waals surface area contributed by atoms with Gasteiger partial charge in [0.1, 0.15) is 17.8 Å². The van der Waals surface area contributed by atoms with Gasteiger partial charge in [-0.25, -0.2) is 9.97 Å². The van der Waals surface area contributed by atoms with Crippen molar-refractivity contribution in [2.45, 2.75) is 0 Å². The number of aromatic nitrogens is 3. The summed E-state index contributed by atoms with van der Waals surface area (Å²) in [5.74, 6) is 2.23. The Kier molecular flexibility index (Phi) is 6.16. The second-order valence-corrected chi connectivity index (χ2v) is 8.45. The summed E-state index contributed by atoms with van der Waals surface area (Å²) in [6.07, 6.45) is 1.60. The van der Waals surface area contributed by atoms with E-state index in [1.807, 2.05) is 36.4 Å². The van der Waals surface area contributed by atoms with Crippen molar-refractivity contribution >= 4 is 68.2 Å². The third-order valence-corrected chi connectivity index (χ3v) is 6.56. The van der Waals surface area contributed by atoms with Gasteiger partial charge in [-0.15, -0.1) is 0 Å². The number of anilines is 3. The minimum absolute atomic E-state index is 0.666. The lowest BCUT2D eigenvalue weighted by Gasteiger charge is -2.37. The van der Waals surface area contributed by atoms with E-state index in [4.69, 9.17) is 33.5 Å². The highest BCUT2D eigenvalue weighted by Gasteiger charge is 2.24. The van der Waals surface area contributed by atoms with Gasteiger partial charge in [0, 0.05) is 60.8 Å². The van der Waals surface area contributed by atoms with Gasteiger partial charge in [0.05, 0.1) is 25.1 Å². The summed E-state index contributed by atoms with van der Waals surface area (Å²) in [6.45, 7) is 3.11. The van der Waals surface area contributed by atoms with Crippen molar-refractivity contribution in [3.63, 3.8) is 0 Å². The number of nitrogens with zero attached hydrogens (tertiary/aromatic N) is 4. The Morgan fingerprint density at radius 3 is 2.35 bits per heavy atom. The molecule has 0 bridgehead atoms. The van der Waals surface area contributed by atoms with Gasteiger partial charge in [-0.1, -0.05) is 0 Å². The molecule has 0 atom stereocenters. The largest absolute Gasteiger partial charge is 0.493 e. The number of nitrogens with one attached hydrogen (secondary N) is 3. The van der Waals surface area contributed by atoms with Crippen molar-refractivity contribution in [2.24, 2.45) is 0 Å². The van der Waals surface area contributed by atoms with Gasteiger partial charge >= 0.3 is 0 Å². The van der Waals surface area contributed by atoms with Crippen LogP contribution in [0, 0.1) is 0 Å². The topological polar surface area (TPSA) is 90.6 Å². The van der Waals surface area contributed by atoms with Gasteiger partial charge in [0.2, 0.25) is 0 Å². The Labute approximate surface area is 207 Å². The summed E-state index contributed by atoms with van der Waals surface area (Å²) in [6, 6.07) is 11.6. The van der Waals surface area contributed by atoms with E-state index in [1.165, 1.54) is 0 Å². The molecular weight excluding hydrogens is 474 g/mol. The molecule has 4 aromatic rings.